The van der Waals surface area contributed by atoms with Gasteiger partial charge in [-0.1, -0.05) is 12.1 Å². The number of nitrogens with two attached hydrogens (primary N) is 1. The van der Waals surface area contributed by atoms with Crippen LogP contribution in [0.2, 0.25) is 0 Å². The van der Waals surface area contributed by atoms with Crippen LogP contribution in [0.5, 0.6) is 0 Å². The second kappa shape index (κ2) is 3.97. The molecule has 3 heteroatoms. The Bertz CT molecular complexity index is 254. The van der Waals surface area contributed by atoms with Gasteiger partial charge in [-0.15, -0.1) is 4.91 Å². The van der Waals surface area contributed by atoms with Gasteiger partial charge in [0.05, 0.1) is 0 Å². The highest BCUT2D eigenvalue weighted by Gasteiger charge is 1.97. The molecule has 1 unspecified atom stereocenters. The molecule has 0 aromatic heterocycles. The third kappa shape index (κ3) is 2.43. The number of hydrogen-bond donors (Lipinski definition) is 1. The summed E-state index contributed by atoms with van der Waals surface area (Å²) in [7, 11) is 0. The summed E-state index contributed by atoms with van der Waals surface area (Å²) in [4.78, 5) is 10.1. The highest BCUT2D eigenvalue weighted by Crippen LogP contribution is 2.12. The van der Waals surface area contributed by atoms with Crippen LogP contribution in [0.1, 0.15) is 12.5 Å². The van der Waals surface area contributed by atoms with Gasteiger partial charge in [-0.3, -0.25) is 0 Å². The van der Waals surface area contributed by atoms with Gasteiger partial charge in [-0.25, -0.2) is 0 Å². The number of rotatable bonds is 3. The van der Waals surface area contributed by atoms with Gasteiger partial charge in [-0.2, -0.15) is 0 Å². The molecule has 0 saturated carbocycles. The zero-order valence-corrected chi connectivity index (χ0v) is 7.03. The van der Waals surface area contributed by atoms with Crippen LogP contribution in [-0.2, 0) is 6.42 Å². The fourth-order valence-electron chi connectivity index (χ4n) is 1.06. The van der Waals surface area contributed by atoms with Crippen molar-refractivity contribution in [1.82, 2.24) is 0 Å². The van der Waals surface area contributed by atoms with Gasteiger partial charge in [-0.05, 0) is 36.2 Å². The summed E-state index contributed by atoms with van der Waals surface area (Å²) in [6.45, 7) is 1.95. The van der Waals surface area contributed by atoms with Gasteiger partial charge in [0.15, 0.2) is 0 Å². The third-order valence-corrected chi connectivity index (χ3v) is 1.60. The highest BCUT2D eigenvalue weighted by molar-refractivity contribution is 5.38. The van der Waals surface area contributed by atoms with Gasteiger partial charge in [0, 0.05) is 6.04 Å². The SMILES string of the molecule is CC(N)Cc1ccc(N=O)cc1. The zero-order chi connectivity index (χ0) is 8.97. The number of nitroso groups, excluding NO2 is 1. The molecule has 1 aromatic rings. The molecule has 1 atom stereocenters. The van der Waals surface area contributed by atoms with Crippen LogP contribution < -0.4 is 5.73 Å². The van der Waals surface area contributed by atoms with Crippen molar-refractivity contribution in [3.63, 3.8) is 0 Å². The minimum atomic E-state index is 0.153. The summed E-state index contributed by atoms with van der Waals surface area (Å²) in [6.07, 6.45) is 0.832. The van der Waals surface area contributed by atoms with Crippen LogP contribution in [-0.4, -0.2) is 6.04 Å². The maximum absolute atomic E-state index is 10.1. The lowest BCUT2D eigenvalue weighted by molar-refractivity contribution is 0.738. The van der Waals surface area contributed by atoms with Crippen molar-refractivity contribution >= 4 is 5.69 Å². The minimum Gasteiger partial charge on any atom is -0.328 e. The number of hydrogen-bond acceptors (Lipinski definition) is 3. The first-order valence-corrected chi connectivity index (χ1v) is 3.90. The monoisotopic (exact) mass is 164 g/mol. The first-order valence-electron chi connectivity index (χ1n) is 3.90. The van der Waals surface area contributed by atoms with E-state index >= 15 is 0 Å². The van der Waals surface area contributed by atoms with E-state index < -0.39 is 0 Å². The lowest BCUT2D eigenvalue weighted by Gasteiger charge is -2.03. The van der Waals surface area contributed by atoms with Crippen molar-refractivity contribution < 1.29 is 0 Å². The average molecular weight is 164 g/mol. The molecule has 1 aromatic carbocycles. The predicted molar refractivity (Wildman–Crippen MR) is 49.3 cm³/mol. The molecule has 64 valence electrons. The van der Waals surface area contributed by atoms with Crippen molar-refractivity contribution in [2.45, 2.75) is 19.4 Å². The fraction of sp³-hybridized carbons (Fsp3) is 0.333. The Morgan fingerprint density at radius 2 is 2.00 bits per heavy atom. The van der Waals surface area contributed by atoms with Gasteiger partial charge >= 0.3 is 0 Å². The molecule has 0 heterocycles. The molecule has 0 aliphatic rings. The fourth-order valence-corrected chi connectivity index (χ4v) is 1.06. The van der Waals surface area contributed by atoms with Crippen molar-refractivity contribution in [1.29, 1.82) is 0 Å². The van der Waals surface area contributed by atoms with Crippen LogP contribution in [0.3, 0.4) is 0 Å². The van der Waals surface area contributed by atoms with Crippen molar-refractivity contribution in [2.24, 2.45) is 10.9 Å². The van der Waals surface area contributed by atoms with E-state index in [1.807, 2.05) is 19.1 Å². The number of nitrogens with zero attached hydrogens (tertiary/aromatic N) is 1. The third-order valence-electron chi connectivity index (χ3n) is 1.60. The summed E-state index contributed by atoms with van der Waals surface area (Å²) in [5.74, 6) is 0. The van der Waals surface area contributed by atoms with Crippen LogP contribution >= 0.6 is 0 Å². The molecule has 12 heavy (non-hydrogen) atoms. The van der Waals surface area contributed by atoms with E-state index in [-0.39, 0.29) is 6.04 Å². The molecule has 0 fully saturated rings. The van der Waals surface area contributed by atoms with E-state index in [9.17, 15) is 4.91 Å². The smallest absolute Gasteiger partial charge is 0.108 e. The predicted octanol–water partition coefficient (Wildman–Crippen LogP) is 1.97. The van der Waals surface area contributed by atoms with E-state index in [4.69, 9.17) is 5.73 Å². The molecule has 3 nitrogen and oxygen atoms in total. The van der Waals surface area contributed by atoms with Crippen molar-refractivity contribution in [2.75, 3.05) is 0 Å². The molecule has 0 aliphatic heterocycles. The summed E-state index contributed by atoms with van der Waals surface area (Å²) in [5.41, 5.74) is 7.21. The summed E-state index contributed by atoms with van der Waals surface area (Å²) in [6, 6.07) is 7.30. The minimum absolute atomic E-state index is 0.153. The molecule has 1 rings (SSSR count). The first-order chi connectivity index (χ1) is 5.72. The Kier molecular flexibility index (Phi) is 2.94. The van der Waals surface area contributed by atoms with Crippen molar-refractivity contribution in [3.05, 3.63) is 34.7 Å². The summed E-state index contributed by atoms with van der Waals surface area (Å²) >= 11 is 0. The largest absolute Gasteiger partial charge is 0.328 e. The summed E-state index contributed by atoms with van der Waals surface area (Å²) in [5, 5.41) is 2.81. The van der Waals surface area contributed by atoms with Crippen molar-refractivity contribution in [3.8, 4) is 0 Å². The quantitative estimate of drug-likeness (QED) is 0.694. The molecule has 0 spiro atoms. The summed E-state index contributed by atoms with van der Waals surface area (Å²) < 4.78 is 0. The molecule has 2 N–H and O–H groups in total. The van der Waals surface area contributed by atoms with Crippen LogP contribution in [0, 0.1) is 4.91 Å². The lowest BCUT2D eigenvalue weighted by atomic mass is 10.1. The molecule has 0 aliphatic carbocycles. The Balaban J connectivity index is 2.71. The Morgan fingerprint density at radius 3 is 2.42 bits per heavy atom. The molecule has 0 bridgehead atoms. The molecule has 0 saturated heterocycles. The molecule has 0 radical (unpaired) electrons. The van der Waals surface area contributed by atoms with Gasteiger partial charge in [0.25, 0.3) is 0 Å². The van der Waals surface area contributed by atoms with E-state index in [1.165, 1.54) is 0 Å². The maximum atomic E-state index is 10.1. The topological polar surface area (TPSA) is 55.4 Å². The highest BCUT2D eigenvalue weighted by atomic mass is 16.3. The van der Waals surface area contributed by atoms with Gasteiger partial charge < -0.3 is 5.73 Å². The zero-order valence-electron chi connectivity index (χ0n) is 7.03. The van der Waals surface area contributed by atoms with E-state index in [1.54, 1.807) is 12.1 Å². The average Bonchev–Trinajstić information content (AvgIpc) is 2.05. The van der Waals surface area contributed by atoms with Crippen LogP contribution in [0.15, 0.2) is 29.4 Å². The Morgan fingerprint density at radius 1 is 1.42 bits per heavy atom. The maximum Gasteiger partial charge on any atom is 0.108 e. The van der Waals surface area contributed by atoms with E-state index in [2.05, 4.69) is 5.18 Å². The standard InChI is InChI=1S/C9H12N2O/c1-7(10)6-8-2-4-9(11-12)5-3-8/h2-5,7H,6,10H2,1H3. The van der Waals surface area contributed by atoms with Gasteiger partial charge in [0.2, 0.25) is 0 Å². The second-order valence-electron chi connectivity index (χ2n) is 2.94. The van der Waals surface area contributed by atoms with E-state index in [0.717, 1.165) is 12.0 Å². The lowest BCUT2D eigenvalue weighted by Crippen LogP contribution is -2.17. The normalized spacial score (nSPS) is 12.5. The molecular formula is C9H12N2O. The van der Waals surface area contributed by atoms with Crippen LogP contribution in [0.25, 0.3) is 0 Å². The second-order valence-corrected chi connectivity index (χ2v) is 2.94. The van der Waals surface area contributed by atoms with E-state index in [0.29, 0.717) is 5.69 Å². The first kappa shape index (κ1) is 8.87. The van der Waals surface area contributed by atoms with Crippen LogP contribution in [0.4, 0.5) is 5.69 Å². The van der Waals surface area contributed by atoms with Gasteiger partial charge in [0.1, 0.15) is 5.69 Å². The number of benzene rings is 1. The molecular weight excluding hydrogens is 152 g/mol. The Labute approximate surface area is 71.6 Å². The molecule has 0 amide bonds. The Hall–Kier alpha value is -1.22.